The molecule has 0 bridgehead atoms. The van der Waals surface area contributed by atoms with Gasteiger partial charge in [-0.15, -0.1) is 0 Å². The number of carbonyl (C=O) groups is 1. The number of amides is 1. The van der Waals surface area contributed by atoms with Crippen LogP contribution in [0.1, 0.15) is 41.3 Å². The molecule has 1 aromatic carbocycles. The van der Waals surface area contributed by atoms with Gasteiger partial charge in [0.1, 0.15) is 0 Å². The van der Waals surface area contributed by atoms with E-state index >= 15 is 0 Å². The highest BCUT2D eigenvalue weighted by atomic mass is 32.2. The number of hydrogen-bond donors (Lipinski definition) is 1. The average Bonchev–Trinajstić information content (AvgIpc) is 2.52. The molecule has 136 valence electrons. The monoisotopic (exact) mass is 374 g/mol. The second-order valence-corrected chi connectivity index (χ2v) is 8.07. The van der Waals surface area contributed by atoms with Gasteiger partial charge in [0.25, 0.3) is 15.9 Å². The number of piperidine rings is 1. The Morgan fingerprint density at radius 3 is 2.68 bits per heavy atom. The van der Waals surface area contributed by atoms with Crippen molar-refractivity contribution in [3.63, 3.8) is 0 Å². The fourth-order valence-corrected chi connectivity index (χ4v) is 4.33. The number of likely N-dealkylation sites (tertiary alicyclic amines) is 1. The van der Waals surface area contributed by atoms with Crippen LogP contribution < -0.4 is 4.72 Å². The topological polar surface area (TPSA) is 66.5 Å². The van der Waals surface area contributed by atoms with Gasteiger partial charge in [-0.3, -0.25) is 9.52 Å². The minimum absolute atomic E-state index is 0.255. The average molecular weight is 374 g/mol. The van der Waals surface area contributed by atoms with E-state index in [4.69, 9.17) is 0 Å². The Labute approximate surface area is 143 Å². The Kier molecular flexibility index (Phi) is 4.30. The highest BCUT2D eigenvalue weighted by Gasteiger charge is 2.38. The molecule has 2 aliphatic heterocycles. The fraction of sp³-hybridized carbons (Fsp3) is 0.438. The number of hydrogen-bond acceptors (Lipinski definition) is 3. The number of benzene rings is 1. The van der Waals surface area contributed by atoms with Gasteiger partial charge in [-0.05, 0) is 37.0 Å². The first-order valence-electron chi connectivity index (χ1n) is 7.83. The maximum Gasteiger partial charge on any atom is 0.417 e. The summed E-state index contributed by atoms with van der Waals surface area (Å²) < 4.78 is 66.5. The van der Waals surface area contributed by atoms with Crippen LogP contribution in [0, 0.1) is 5.92 Å². The fourth-order valence-electron chi connectivity index (χ4n) is 3.21. The SMILES string of the molecule is C[C@H]1CCCN(C(=O)c2cc(C(F)(F)F)c3c(c2)S(=O)(=O)NC=C3)C1. The van der Waals surface area contributed by atoms with Gasteiger partial charge < -0.3 is 4.90 Å². The molecule has 0 spiro atoms. The van der Waals surface area contributed by atoms with Crippen molar-refractivity contribution in [2.45, 2.75) is 30.8 Å². The molecule has 25 heavy (non-hydrogen) atoms. The summed E-state index contributed by atoms with van der Waals surface area (Å²) in [7, 11) is -4.13. The molecule has 5 nitrogen and oxygen atoms in total. The van der Waals surface area contributed by atoms with Crippen LogP contribution in [-0.4, -0.2) is 32.3 Å². The number of sulfonamides is 1. The van der Waals surface area contributed by atoms with E-state index in [-0.39, 0.29) is 11.5 Å². The summed E-state index contributed by atoms with van der Waals surface area (Å²) >= 11 is 0. The molecular weight excluding hydrogens is 357 g/mol. The molecule has 1 N–H and O–H groups in total. The van der Waals surface area contributed by atoms with Gasteiger partial charge in [-0.2, -0.15) is 13.2 Å². The smallest absolute Gasteiger partial charge is 0.338 e. The highest BCUT2D eigenvalue weighted by Crippen LogP contribution is 2.38. The first-order chi connectivity index (χ1) is 11.6. The van der Waals surface area contributed by atoms with E-state index in [2.05, 4.69) is 0 Å². The van der Waals surface area contributed by atoms with E-state index in [9.17, 15) is 26.4 Å². The van der Waals surface area contributed by atoms with Gasteiger partial charge in [0.15, 0.2) is 0 Å². The molecular formula is C16H17F3N2O3S. The highest BCUT2D eigenvalue weighted by molar-refractivity contribution is 7.89. The second kappa shape index (κ2) is 6.05. The minimum atomic E-state index is -4.77. The summed E-state index contributed by atoms with van der Waals surface area (Å²) in [5, 5.41) is 0. The Hall–Kier alpha value is -2.03. The maximum absolute atomic E-state index is 13.4. The summed E-state index contributed by atoms with van der Waals surface area (Å²) in [4.78, 5) is 13.6. The largest absolute Gasteiger partial charge is 0.417 e. The first kappa shape index (κ1) is 17.8. The van der Waals surface area contributed by atoms with Crippen molar-refractivity contribution in [2.24, 2.45) is 5.92 Å². The third-order valence-corrected chi connectivity index (χ3v) is 5.76. The number of alkyl halides is 3. The Balaban J connectivity index is 2.12. The van der Waals surface area contributed by atoms with Crippen LogP contribution in [0.3, 0.4) is 0 Å². The molecule has 1 aromatic rings. The molecule has 2 heterocycles. The number of nitrogens with one attached hydrogen (secondary N) is 1. The molecule has 1 atom stereocenters. The van der Waals surface area contributed by atoms with Crippen molar-refractivity contribution < 1.29 is 26.4 Å². The van der Waals surface area contributed by atoms with Gasteiger partial charge in [0.2, 0.25) is 0 Å². The zero-order valence-corrected chi connectivity index (χ0v) is 14.2. The van der Waals surface area contributed by atoms with Gasteiger partial charge in [0.05, 0.1) is 10.5 Å². The number of nitrogens with zero attached hydrogens (tertiary/aromatic N) is 1. The van der Waals surface area contributed by atoms with Crippen molar-refractivity contribution in [3.8, 4) is 0 Å². The quantitative estimate of drug-likeness (QED) is 0.822. The Morgan fingerprint density at radius 2 is 2.04 bits per heavy atom. The summed E-state index contributed by atoms with van der Waals surface area (Å²) in [6, 6.07) is 1.77. The minimum Gasteiger partial charge on any atom is -0.338 e. The molecule has 1 fully saturated rings. The molecule has 1 saturated heterocycles. The molecule has 3 rings (SSSR count). The van der Waals surface area contributed by atoms with E-state index in [0.717, 1.165) is 37.3 Å². The van der Waals surface area contributed by atoms with Gasteiger partial charge >= 0.3 is 6.18 Å². The molecule has 2 aliphatic rings. The van der Waals surface area contributed by atoms with Crippen LogP contribution in [0.15, 0.2) is 23.2 Å². The summed E-state index contributed by atoms with van der Waals surface area (Å²) in [6.07, 6.45) is -1.05. The lowest BCUT2D eigenvalue weighted by molar-refractivity contribution is -0.137. The van der Waals surface area contributed by atoms with E-state index in [1.165, 1.54) is 4.90 Å². The van der Waals surface area contributed by atoms with Gasteiger partial charge in [-0.25, -0.2) is 8.42 Å². The first-order valence-corrected chi connectivity index (χ1v) is 9.31. The van der Waals surface area contributed by atoms with Crippen LogP contribution >= 0.6 is 0 Å². The predicted octanol–water partition coefficient (Wildman–Crippen LogP) is 2.84. The van der Waals surface area contributed by atoms with Crippen LogP contribution in [0.2, 0.25) is 0 Å². The van der Waals surface area contributed by atoms with Crippen LogP contribution in [0.25, 0.3) is 6.08 Å². The van der Waals surface area contributed by atoms with Crippen molar-refractivity contribution in [3.05, 3.63) is 35.0 Å². The number of carbonyl (C=O) groups excluding carboxylic acids is 1. The molecule has 1 amide bonds. The van der Waals surface area contributed by atoms with E-state index in [1.54, 1.807) is 0 Å². The zero-order valence-electron chi connectivity index (χ0n) is 13.4. The summed E-state index contributed by atoms with van der Waals surface area (Å²) in [5.74, 6) is -0.324. The predicted molar refractivity (Wildman–Crippen MR) is 85.1 cm³/mol. The van der Waals surface area contributed by atoms with E-state index in [0.29, 0.717) is 13.1 Å². The second-order valence-electron chi connectivity index (χ2n) is 6.39. The zero-order chi connectivity index (χ0) is 18.4. The molecule has 0 radical (unpaired) electrons. The molecule has 0 aliphatic carbocycles. The number of rotatable bonds is 1. The standard InChI is InChI=1S/C16H17F3N2O3S/c1-10-3-2-6-21(9-10)15(22)11-7-13(16(17,18)19)12-4-5-20-25(23,24)14(12)8-11/h4-5,7-8,10,20H,2-3,6,9H2,1H3/t10-/m0/s1. The van der Waals surface area contributed by atoms with Crippen LogP contribution in [0.4, 0.5) is 13.2 Å². The van der Waals surface area contributed by atoms with E-state index < -0.39 is 38.1 Å². The maximum atomic E-state index is 13.4. The molecule has 0 saturated carbocycles. The van der Waals surface area contributed by atoms with Crippen molar-refractivity contribution in [1.29, 1.82) is 0 Å². The number of fused-ring (bicyclic) bond motifs is 1. The lowest BCUT2D eigenvalue weighted by Crippen LogP contribution is -2.39. The van der Waals surface area contributed by atoms with Crippen molar-refractivity contribution >= 4 is 22.0 Å². The lowest BCUT2D eigenvalue weighted by atomic mass is 9.98. The van der Waals surface area contributed by atoms with Gasteiger partial charge in [-0.1, -0.05) is 6.92 Å². The van der Waals surface area contributed by atoms with Crippen molar-refractivity contribution in [2.75, 3.05) is 13.1 Å². The van der Waals surface area contributed by atoms with Gasteiger partial charge in [0, 0.05) is 30.4 Å². The summed E-state index contributed by atoms with van der Waals surface area (Å²) in [5.41, 5.74) is -1.84. The molecule has 0 aromatic heterocycles. The molecule has 9 heteroatoms. The third kappa shape index (κ3) is 3.37. The lowest BCUT2D eigenvalue weighted by Gasteiger charge is -2.31. The van der Waals surface area contributed by atoms with Crippen molar-refractivity contribution in [1.82, 2.24) is 9.62 Å². The Morgan fingerprint density at radius 1 is 1.32 bits per heavy atom. The van der Waals surface area contributed by atoms with Crippen LogP contribution in [-0.2, 0) is 16.2 Å². The normalized spacial score (nSPS) is 22.2. The van der Waals surface area contributed by atoms with Crippen LogP contribution in [0.5, 0.6) is 0 Å². The number of halogens is 3. The Bertz CT molecular complexity index is 847. The summed E-state index contributed by atoms with van der Waals surface area (Å²) in [6.45, 7) is 2.86. The van der Waals surface area contributed by atoms with E-state index in [1.807, 2.05) is 11.6 Å². The third-order valence-electron chi connectivity index (χ3n) is 4.40. The molecule has 0 unspecified atom stereocenters.